The fourth-order valence-electron chi connectivity index (χ4n) is 1.99. The quantitative estimate of drug-likeness (QED) is 0.876. The van der Waals surface area contributed by atoms with Gasteiger partial charge in [-0.05, 0) is 18.1 Å². The molecule has 0 saturated carbocycles. The van der Waals surface area contributed by atoms with E-state index in [2.05, 4.69) is 10.3 Å². The van der Waals surface area contributed by atoms with Crippen molar-refractivity contribution in [3.8, 4) is 0 Å². The van der Waals surface area contributed by atoms with Crippen molar-refractivity contribution in [2.24, 2.45) is 0 Å². The molecule has 5 heteroatoms. The Labute approximate surface area is 116 Å². The molecule has 0 aliphatic carbocycles. The number of halogens is 1. The molecule has 1 aromatic carbocycles. The number of aromatic nitrogens is 1. The number of carbonyl (C=O) groups is 1. The Morgan fingerprint density at radius 2 is 2.10 bits per heavy atom. The molecule has 1 atom stereocenters. The second-order valence-electron chi connectivity index (χ2n) is 4.37. The van der Waals surface area contributed by atoms with E-state index >= 15 is 0 Å². The topological polar surface area (TPSA) is 62.2 Å². The first kappa shape index (κ1) is 14.0. The lowest BCUT2D eigenvalue weighted by molar-refractivity contribution is 0.0697. The summed E-state index contributed by atoms with van der Waals surface area (Å²) in [7, 11) is 0. The zero-order valence-corrected chi connectivity index (χ0v) is 11.0. The highest BCUT2D eigenvalue weighted by atomic mass is 19.1. The number of hydrogen-bond donors (Lipinski definition) is 2. The van der Waals surface area contributed by atoms with Gasteiger partial charge in [-0.25, -0.2) is 14.2 Å². The van der Waals surface area contributed by atoms with Gasteiger partial charge in [0.05, 0.1) is 12.2 Å². The minimum absolute atomic E-state index is 0.0766. The molecule has 1 unspecified atom stereocenters. The van der Waals surface area contributed by atoms with Crippen molar-refractivity contribution in [3.63, 3.8) is 0 Å². The average Bonchev–Trinajstić information content (AvgIpc) is 2.46. The van der Waals surface area contributed by atoms with Gasteiger partial charge in [-0.2, -0.15) is 0 Å². The fraction of sp³-hybridized carbons (Fsp3) is 0.200. The zero-order chi connectivity index (χ0) is 14.5. The van der Waals surface area contributed by atoms with Crippen molar-refractivity contribution in [2.75, 3.05) is 5.32 Å². The number of carboxylic acid groups (broad SMARTS) is 1. The van der Waals surface area contributed by atoms with Gasteiger partial charge in [0.15, 0.2) is 0 Å². The van der Waals surface area contributed by atoms with Crippen LogP contribution in [-0.4, -0.2) is 16.1 Å². The van der Waals surface area contributed by atoms with E-state index in [1.165, 1.54) is 0 Å². The minimum atomic E-state index is -1.21. The molecule has 0 radical (unpaired) electrons. The summed E-state index contributed by atoms with van der Waals surface area (Å²) < 4.78 is 13.1. The van der Waals surface area contributed by atoms with Crippen molar-refractivity contribution < 1.29 is 14.3 Å². The third-order valence-electron chi connectivity index (χ3n) is 3.01. The molecule has 0 fully saturated rings. The molecule has 0 bridgehead atoms. The summed E-state index contributed by atoms with van der Waals surface area (Å²) in [6, 6.07) is 10.5. The lowest BCUT2D eigenvalue weighted by Crippen LogP contribution is -2.14. The maximum atomic E-state index is 13.1. The molecule has 0 amide bonds. The van der Waals surface area contributed by atoms with Crippen molar-refractivity contribution in [1.82, 2.24) is 4.98 Å². The molecular formula is C15H15FN2O2. The van der Waals surface area contributed by atoms with Crippen molar-refractivity contribution >= 4 is 11.8 Å². The molecule has 0 aliphatic rings. The van der Waals surface area contributed by atoms with Crippen molar-refractivity contribution in [3.05, 3.63) is 59.5 Å². The monoisotopic (exact) mass is 274 g/mol. The number of benzene rings is 1. The van der Waals surface area contributed by atoms with Crippen LogP contribution in [0.15, 0.2) is 42.6 Å². The van der Waals surface area contributed by atoms with Crippen LogP contribution >= 0.6 is 0 Å². The van der Waals surface area contributed by atoms with Crippen LogP contribution < -0.4 is 5.32 Å². The molecule has 1 heterocycles. The predicted octanol–water partition coefficient (Wildman–Crippen LogP) is 3.48. The largest absolute Gasteiger partial charge is 0.478 e. The molecule has 2 rings (SSSR count). The van der Waals surface area contributed by atoms with Crippen LogP contribution in [0.5, 0.6) is 0 Å². The normalized spacial score (nSPS) is 11.9. The predicted molar refractivity (Wildman–Crippen MR) is 74.3 cm³/mol. The van der Waals surface area contributed by atoms with Crippen LogP contribution in [0.4, 0.5) is 10.2 Å². The zero-order valence-electron chi connectivity index (χ0n) is 11.0. The third-order valence-corrected chi connectivity index (χ3v) is 3.01. The van der Waals surface area contributed by atoms with Crippen molar-refractivity contribution in [2.45, 2.75) is 19.4 Å². The van der Waals surface area contributed by atoms with E-state index in [9.17, 15) is 9.18 Å². The summed E-state index contributed by atoms with van der Waals surface area (Å²) in [6.07, 6.45) is 1.76. The molecule has 0 saturated heterocycles. The second kappa shape index (κ2) is 6.14. The van der Waals surface area contributed by atoms with Crippen LogP contribution in [-0.2, 0) is 0 Å². The number of rotatable bonds is 5. The molecule has 104 valence electrons. The Hall–Kier alpha value is -2.43. The number of hydrogen-bond acceptors (Lipinski definition) is 3. The molecule has 2 N–H and O–H groups in total. The van der Waals surface area contributed by atoms with E-state index in [4.69, 9.17) is 5.11 Å². The van der Waals surface area contributed by atoms with E-state index < -0.39 is 11.8 Å². The lowest BCUT2D eigenvalue weighted by Gasteiger charge is -2.19. The van der Waals surface area contributed by atoms with Crippen molar-refractivity contribution in [1.29, 1.82) is 0 Å². The molecule has 20 heavy (non-hydrogen) atoms. The van der Waals surface area contributed by atoms with Crippen LogP contribution in [0.3, 0.4) is 0 Å². The summed E-state index contributed by atoms with van der Waals surface area (Å²) >= 11 is 0. The van der Waals surface area contributed by atoms with E-state index in [-0.39, 0.29) is 17.4 Å². The van der Waals surface area contributed by atoms with Gasteiger partial charge in [0, 0.05) is 0 Å². The van der Waals surface area contributed by atoms with Crippen LogP contribution in [0, 0.1) is 5.82 Å². The molecule has 0 spiro atoms. The highest BCUT2D eigenvalue weighted by Gasteiger charge is 2.16. The number of nitrogens with zero attached hydrogens (tertiary/aromatic N) is 1. The average molecular weight is 274 g/mol. The van der Waals surface area contributed by atoms with Gasteiger partial charge in [-0.15, -0.1) is 0 Å². The SMILES string of the molecule is CCC(Nc1ncc(F)cc1C(=O)O)c1ccccc1. The van der Waals surface area contributed by atoms with Gasteiger partial charge in [0.2, 0.25) is 0 Å². The highest BCUT2D eigenvalue weighted by molar-refractivity contribution is 5.93. The van der Waals surface area contributed by atoms with Gasteiger partial charge >= 0.3 is 5.97 Å². The van der Waals surface area contributed by atoms with Gasteiger partial charge in [-0.3, -0.25) is 0 Å². The number of nitrogens with one attached hydrogen (secondary N) is 1. The first-order valence-corrected chi connectivity index (χ1v) is 6.32. The number of aromatic carboxylic acids is 1. The maximum absolute atomic E-state index is 13.1. The van der Waals surface area contributed by atoms with Gasteiger partial charge < -0.3 is 10.4 Å². The smallest absolute Gasteiger partial charge is 0.339 e. The number of pyridine rings is 1. The Morgan fingerprint density at radius 3 is 2.70 bits per heavy atom. The third kappa shape index (κ3) is 3.12. The van der Waals surface area contributed by atoms with Gasteiger partial charge in [0.25, 0.3) is 0 Å². The maximum Gasteiger partial charge on any atom is 0.339 e. The van der Waals surface area contributed by atoms with Crippen LogP contribution in [0.1, 0.15) is 35.3 Å². The van der Waals surface area contributed by atoms with Crippen LogP contribution in [0.2, 0.25) is 0 Å². The van der Waals surface area contributed by atoms with E-state index in [0.29, 0.717) is 0 Å². The summed E-state index contributed by atoms with van der Waals surface area (Å²) in [5, 5.41) is 12.2. The summed E-state index contributed by atoms with van der Waals surface area (Å²) in [4.78, 5) is 15.0. The first-order valence-electron chi connectivity index (χ1n) is 6.32. The van der Waals surface area contributed by atoms with Crippen LogP contribution in [0.25, 0.3) is 0 Å². The second-order valence-corrected chi connectivity index (χ2v) is 4.37. The fourth-order valence-corrected chi connectivity index (χ4v) is 1.99. The van der Waals surface area contributed by atoms with E-state index in [1.54, 1.807) is 0 Å². The molecule has 1 aromatic heterocycles. The minimum Gasteiger partial charge on any atom is -0.478 e. The van der Waals surface area contributed by atoms with E-state index in [0.717, 1.165) is 24.2 Å². The Balaban J connectivity index is 2.31. The molecule has 2 aromatic rings. The molecule has 0 aliphatic heterocycles. The Bertz CT molecular complexity index is 602. The molecular weight excluding hydrogens is 259 g/mol. The summed E-state index contributed by atoms with van der Waals surface area (Å²) in [6.45, 7) is 1.98. The number of carboxylic acids is 1. The molecule has 4 nitrogen and oxygen atoms in total. The van der Waals surface area contributed by atoms with E-state index in [1.807, 2.05) is 37.3 Å². The Morgan fingerprint density at radius 1 is 1.40 bits per heavy atom. The van der Waals surface area contributed by atoms with Gasteiger partial charge in [0.1, 0.15) is 17.2 Å². The standard InChI is InChI=1S/C15H15FN2O2/c1-2-13(10-6-4-3-5-7-10)18-14-12(15(19)20)8-11(16)9-17-14/h3-9,13H,2H2,1H3,(H,17,18)(H,19,20). The summed E-state index contributed by atoms with van der Waals surface area (Å²) in [5.74, 6) is -1.70. The highest BCUT2D eigenvalue weighted by Crippen LogP contribution is 2.23. The van der Waals surface area contributed by atoms with Gasteiger partial charge in [-0.1, -0.05) is 37.3 Å². The number of anilines is 1. The first-order chi connectivity index (χ1) is 9.61. The Kier molecular flexibility index (Phi) is 4.30. The summed E-state index contributed by atoms with van der Waals surface area (Å²) in [5.41, 5.74) is 0.858. The lowest BCUT2D eigenvalue weighted by atomic mass is 10.0.